The molecule has 0 atom stereocenters. The molecule has 3 heterocycles. The van der Waals surface area contributed by atoms with Gasteiger partial charge in [0, 0.05) is 25.9 Å². The number of halogens is 2. The number of hydrogen-bond acceptors (Lipinski definition) is 6. The van der Waals surface area contributed by atoms with Crippen molar-refractivity contribution in [3.8, 4) is 6.07 Å². The average molecular weight is 324 g/mol. The van der Waals surface area contributed by atoms with Crippen molar-refractivity contribution in [2.75, 3.05) is 18.0 Å². The number of hydrogen-bond donors (Lipinski definition) is 0. The summed E-state index contributed by atoms with van der Waals surface area (Å²) in [5.41, 5.74) is -1.06. The van der Waals surface area contributed by atoms with E-state index in [9.17, 15) is 19.2 Å². The number of cyclic esters (lactones) is 1. The van der Waals surface area contributed by atoms with Gasteiger partial charge in [-0.25, -0.2) is 14.2 Å². The van der Waals surface area contributed by atoms with Gasteiger partial charge in [-0.05, 0) is 17.7 Å². The number of ether oxygens (including phenoxy) is 1. The summed E-state index contributed by atoms with van der Waals surface area (Å²) in [5, 5.41) is 8.25. The van der Waals surface area contributed by atoms with E-state index in [0.717, 1.165) is 0 Å². The number of alkyl halides is 1. The van der Waals surface area contributed by atoms with Gasteiger partial charge in [-0.3, -0.25) is 4.79 Å². The Morgan fingerprint density at radius 1 is 1.50 bits per heavy atom. The van der Waals surface area contributed by atoms with Crippen molar-refractivity contribution >= 4 is 28.6 Å². The summed E-state index contributed by atoms with van der Waals surface area (Å²) in [6.07, 6.45) is -0.122. The van der Waals surface area contributed by atoms with E-state index in [1.165, 1.54) is 6.07 Å². The van der Waals surface area contributed by atoms with E-state index in [0.29, 0.717) is 11.5 Å². The minimum absolute atomic E-state index is 0.0611. The largest absolute Gasteiger partial charge is 0.455 e. The van der Waals surface area contributed by atoms with Crippen molar-refractivity contribution in [2.45, 2.75) is 25.1 Å². The van der Waals surface area contributed by atoms with Crippen LogP contribution in [0.25, 0.3) is 0 Å². The van der Waals surface area contributed by atoms with Gasteiger partial charge in [-0.2, -0.15) is 5.26 Å². The third-order valence-corrected chi connectivity index (χ3v) is 4.31. The lowest BCUT2D eigenvalue weighted by Gasteiger charge is -2.35. The Bertz CT molecular complexity index is 708. The molecule has 114 valence electrons. The fourth-order valence-electron chi connectivity index (χ4n) is 2.63. The van der Waals surface area contributed by atoms with Gasteiger partial charge < -0.3 is 9.64 Å². The first-order chi connectivity index (χ1) is 10.4. The van der Waals surface area contributed by atoms with E-state index in [-0.39, 0.29) is 43.7 Å². The molecule has 6 nitrogen and oxygen atoms in total. The molecule has 0 amide bonds. The molecule has 1 fully saturated rings. The standard InChI is InChI=1S/C14H11ClFN3O3/c15-13(21)14(16)1-3-19(4-2-14)11-8(6-17)5-9-10(18-11)7-22-12(9)20/h5H,1-4,7H2. The molecule has 0 unspecified atom stereocenters. The number of anilines is 1. The summed E-state index contributed by atoms with van der Waals surface area (Å²) in [6.45, 7) is 0.488. The Morgan fingerprint density at radius 2 is 2.18 bits per heavy atom. The Labute approximate surface area is 130 Å². The van der Waals surface area contributed by atoms with Crippen LogP contribution in [0.3, 0.4) is 0 Å². The molecule has 0 bridgehead atoms. The molecule has 0 spiro atoms. The van der Waals surface area contributed by atoms with Crippen LogP contribution in [0.1, 0.15) is 34.5 Å². The monoisotopic (exact) mass is 323 g/mol. The highest BCUT2D eigenvalue weighted by Gasteiger charge is 2.41. The SMILES string of the molecule is N#Cc1cc2c(nc1N1CCC(F)(C(=O)Cl)CC1)COC2=O. The first-order valence-electron chi connectivity index (χ1n) is 6.69. The number of rotatable bonds is 2. The number of piperidine rings is 1. The van der Waals surface area contributed by atoms with Crippen LogP contribution in [0.4, 0.5) is 10.2 Å². The van der Waals surface area contributed by atoms with Gasteiger partial charge in [-0.15, -0.1) is 0 Å². The molecule has 1 aromatic heterocycles. The minimum atomic E-state index is -2.03. The van der Waals surface area contributed by atoms with Crippen LogP contribution in [-0.2, 0) is 16.1 Å². The van der Waals surface area contributed by atoms with Gasteiger partial charge in [0.25, 0.3) is 5.24 Å². The highest BCUT2D eigenvalue weighted by Crippen LogP contribution is 2.33. The van der Waals surface area contributed by atoms with Crippen molar-refractivity contribution in [1.82, 2.24) is 4.98 Å². The van der Waals surface area contributed by atoms with Crippen molar-refractivity contribution in [1.29, 1.82) is 5.26 Å². The van der Waals surface area contributed by atoms with Crippen LogP contribution in [0, 0.1) is 11.3 Å². The topological polar surface area (TPSA) is 83.3 Å². The summed E-state index contributed by atoms with van der Waals surface area (Å²) >= 11 is 5.29. The predicted octanol–water partition coefficient (Wildman–Crippen LogP) is 1.70. The van der Waals surface area contributed by atoms with E-state index in [2.05, 4.69) is 4.98 Å². The maximum absolute atomic E-state index is 14.2. The number of fused-ring (bicyclic) bond motifs is 1. The van der Waals surface area contributed by atoms with Crippen LogP contribution in [-0.4, -0.2) is 35.0 Å². The number of nitrogens with zero attached hydrogens (tertiary/aromatic N) is 3. The Morgan fingerprint density at radius 3 is 2.77 bits per heavy atom. The molecule has 0 aliphatic carbocycles. The van der Waals surface area contributed by atoms with E-state index in [4.69, 9.17) is 16.3 Å². The average Bonchev–Trinajstić information content (AvgIpc) is 2.87. The molecule has 1 aromatic rings. The van der Waals surface area contributed by atoms with Crippen LogP contribution in [0.2, 0.25) is 0 Å². The van der Waals surface area contributed by atoms with Crippen molar-refractivity contribution in [3.05, 3.63) is 22.9 Å². The summed E-state index contributed by atoms with van der Waals surface area (Å²) in [4.78, 5) is 28.7. The summed E-state index contributed by atoms with van der Waals surface area (Å²) in [7, 11) is 0. The molecule has 22 heavy (non-hydrogen) atoms. The molecule has 2 aliphatic rings. The number of pyridine rings is 1. The minimum Gasteiger partial charge on any atom is -0.455 e. The fourth-order valence-corrected chi connectivity index (χ4v) is 2.82. The molecule has 0 radical (unpaired) electrons. The quantitative estimate of drug-likeness (QED) is 0.608. The maximum atomic E-state index is 14.2. The summed E-state index contributed by atoms with van der Waals surface area (Å²) < 4.78 is 19.1. The van der Waals surface area contributed by atoms with Gasteiger partial charge >= 0.3 is 5.97 Å². The second kappa shape index (κ2) is 5.21. The molecule has 0 N–H and O–H groups in total. The molecule has 0 aromatic carbocycles. The third-order valence-electron chi connectivity index (χ3n) is 3.97. The Balaban J connectivity index is 1.89. The van der Waals surface area contributed by atoms with Crippen molar-refractivity contribution in [2.24, 2.45) is 0 Å². The number of carbonyl (C=O) groups excluding carboxylic acids is 2. The van der Waals surface area contributed by atoms with E-state index >= 15 is 0 Å². The molecule has 3 rings (SSSR count). The van der Waals surface area contributed by atoms with E-state index in [1.54, 1.807) is 4.90 Å². The van der Waals surface area contributed by atoms with Crippen molar-refractivity contribution in [3.63, 3.8) is 0 Å². The molecular formula is C14H11ClFN3O3. The first kappa shape index (κ1) is 14.7. The normalized spacial score (nSPS) is 19.3. The van der Waals surface area contributed by atoms with Crippen LogP contribution in [0.5, 0.6) is 0 Å². The molecular weight excluding hydrogens is 313 g/mol. The van der Waals surface area contributed by atoms with E-state index < -0.39 is 16.9 Å². The van der Waals surface area contributed by atoms with Gasteiger partial charge in [0.1, 0.15) is 18.5 Å². The third kappa shape index (κ3) is 2.29. The highest BCUT2D eigenvalue weighted by molar-refractivity contribution is 6.65. The lowest BCUT2D eigenvalue weighted by atomic mass is 9.94. The zero-order valence-electron chi connectivity index (χ0n) is 11.4. The summed E-state index contributed by atoms with van der Waals surface area (Å²) in [5.74, 6) is -0.122. The van der Waals surface area contributed by atoms with Gasteiger partial charge in [-0.1, -0.05) is 0 Å². The smallest absolute Gasteiger partial charge is 0.340 e. The van der Waals surface area contributed by atoms with Gasteiger partial charge in [0.2, 0.25) is 0 Å². The maximum Gasteiger partial charge on any atom is 0.340 e. The molecule has 0 saturated carbocycles. The second-order valence-electron chi connectivity index (χ2n) is 5.27. The van der Waals surface area contributed by atoms with Gasteiger partial charge in [0.05, 0.1) is 16.8 Å². The first-order valence-corrected chi connectivity index (χ1v) is 7.07. The number of carbonyl (C=O) groups is 2. The Kier molecular flexibility index (Phi) is 3.49. The zero-order chi connectivity index (χ0) is 15.9. The Hall–Kier alpha value is -2.20. The van der Waals surface area contributed by atoms with Crippen LogP contribution < -0.4 is 4.90 Å². The second-order valence-corrected chi connectivity index (χ2v) is 5.61. The summed E-state index contributed by atoms with van der Waals surface area (Å²) in [6, 6.07) is 3.43. The zero-order valence-corrected chi connectivity index (χ0v) is 12.2. The fraction of sp³-hybridized carbons (Fsp3) is 0.429. The van der Waals surface area contributed by atoms with Crippen molar-refractivity contribution < 1.29 is 18.7 Å². The number of nitriles is 1. The highest BCUT2D eigenvalue weighted by atomic mass is 35.5. The van der Waals surface area contributed by atoms with Crippen LogP contribution in [0.15, 0.2) is 6.07 Å². The molecule has 1 saturated heterocycles. The predicted molar refractivity (Wildman–Crippen MR) is 74.2 cm³/mol. The molecule has 2 aliphatic heterocycles. The molecule has 8 heteroatoms. The van der Waals surface area contributed by atoms with E-state index in [1.807, 2.05) is 6.07 Å². The number of esters is 1. The van der Waals surface area contributed by atoms with Crippen LogP contribution >= 0.6 is 11.6 Å². The van der Waals surface area contributed by atoms with Gasteiger partial charge in [0.15, 0.2) is 5.67 Å². The number of aromatic nitrogens is 1. The lowest BCUT2D eigenvalue weighted by molar-refractivity contribution is -0.123. The lowest BCUT2D eigenvalue weighted by Crippen LogP contribution is -2.45.